The van der Waals surface area contributed by atoms with Gasteiger partial charge in [0.2, 0.25) is 0 Å². The van der Waals surface area contributed by atoms with Crippen LogP contribution in [0.2, 0.25) is 0 Å². The number of aliphatic hydroxyl groups is 1. The van der Waals surface area contributed by atoms with Crippen molar-refractivity contribution in [1.29, 1.82) is 0 Å². The highest BCUT2D eigenvalue weighted by Gasteiger charge is 2.66. The van der Waals surface area contributed by atoms with E-state index >= 15 is 0 Å². The van der Waals surface area contributed by atoms with Crippen LogP contribution in [-0.2, 0) is 4.74 Å². The number of alkyl halides is 1. The van der Waals surface area contributed by atoms with Gasteiger partial charge in [0.05, 0.1) is 13.2 Å². The normalized spacial score (nSPS) is 30.8. The molecule has 1 aliphatic heterocycles. The molecule has 2 fully saturated rings. The number of aliphatic hydroxyl groups excluding tert-OH is 1. The second-order valence-electron chi connectivity index (χ2n) is 6.24. The molecule has 0 aromatic carbocycles. The van der Waals surface area contributed by atoms with Crippen LogP contribution in [0.3, 0.4) is 0 Å². The monoisotopic (exact) mass is 245 g/mol. The average molecular weight is 245 g/mol. The fraction of sp³-hybridized carbons (Fsp3) is 0.917. The summed E-state index contributed by atoms with van der Waals surface area (Å²) < 4.78 is 19.6. The third-order valence-electron chi connectivity index (χ3n) is 3.64. The molecule has 1 saturated carbocycles. The van der Waals surface area contributed by atoms with Crippen molar-refractivity contribution >= 4 is 6.09 Å². The van der Waals surface area contributed by atoms with E-state index in [0.29, 0.717) is 6.54 Å². The maximum absolute atomic E-state index is 14.4. The van der Waals surface area contributed by atoms with Crippen molar-refractivity contribution in [3.8, 4) is 0 Å². The molecule has 5 heteroatoms. The number of hydrogen-bond acceptors (Lipinski definition) is 3. The number of carbonyl (C=O) groups is 1. The molecule has 0 aromatic rings. The third kappa shape index (κ3) is 2.12. The van der Waals surface area contributed by atoms with E-state index in [9.17, 15) is 14.3 Å². The lowest BCUT2D eigenvalue weighted by atomic mass is 9.90. The smallest absolute Gasteiger partial charge is 0.410 e. The van der Waals surface area contributed by atoms with Crippen LogP contribution in [0, 0.1) is 5.41 Å². The number of carbonyl (C=O) groups excluding carboxylic acids is 1. The van der Waals surface area contributed by atoms with Gasteiger partial charge in [-0.15, -0.1) is 0 Å². The van der Waals surface area contributed by atoms with Crippen LogP contribution in [0.5, 0.6) is 0 Å². The Morgan fingerprint density at radius 1 is 1.41 bits per heavy atom. The molecule has 2 aliphatic rings. The molecule has 17 heavy (non-hydrogen) atoms. The predicted molar refractivity (Wildman–Crippen MR) is 60.4 cm³/mol. The Bertz CT molecular complexity index is 335. The number of ether oxygens (including phenoxy) is 1. The van der Waals surface area contributed by atoms with Crippen LogP contribution in [-0.4, -0.2) is 47.1 Å². The lowest BCUT2D eigenvalue weighted by Crippen LogP contribution is -2.40. The van der Waals surface area contributed by atoms with Crippen molar-refractivity contribution in [2.45, 2.75) is 44.9 Å². The standard InChI is InChI=1S/C12H20FNO3/c1-10(2,3)17-9(16)14-6-11(4-5-11)12(13,7-14)8-15/h15H,4-8H2,1-3H3. The van der Waals surface area contributed by atoms with E-state index in [1.165, 1.54) is 4.90 Å². The Labute approximate surface area is 101 Å². The highest BCUT2D eigenvalue weighted by atomic mass is 19.1. The van der Waals surface area contributed by atoms with E-state index in [-0.39, 0.29) is 6.54 Å². The summed E-state index contributed by atoms with van der Waals surface area (Å²) in [6.45, 7) is 5.12. The van der Waals surface area contributed by atoms with Gasteiger partial charge in [0.1, 0.15) is 5.60 Å². The van der Waals surface area contributed by atoms with Gasteiger partial charge in [-0.25, -0.2) is 9.18 Å². The number of rotatable bonds is 1. The van der Waals surface area contributed by atoms with Gasteiger partial charge in [0.15, 0.2) is 5.67 Å². The zero-order valence-electron chi connectivity index (χ0n) is 10.6. The Hall–Kier alpha value is -0.840. The fourth-order valence-electron chi connectivity index (χ4n) is 2.46. The van der Waals surface area contributed by atoms with E-state index < -0.39 is 29.4 Å². The zero-order chi connectivity index (χ0) is 12.9. The lowest BCUT2D eigenvalue weighted by molar-refractivity contribution is 0.0177. The summed E-state index contributed by atoms with van der Waals surface area (Å²) >= 11 is 0. The molecule has 1 N–H and O–H groups in total. The van der Waals surface area contributed by atoms with Crippen LogP contribution >= 0.6 is 0 Å². The SMILES string of the molecule is CC(C)(C)OC(=O)N1CC(F)(CO)C2(CC2)C1. The molecule has 0 radical (unpaired) electrons. The van der Waals surface area contributed by atoms with Crippen molar-refractivity contribution in [1.82, 2.24) is 4.90 Å². The van der Waals surface area contributed by atoms with Crippen LogP contribution in [0.25, 0.3) is 0 Å². The van der Waals surface area contributed by atoms with Crippen molar-refractivity contribution in [2.24, 2.45) is 5.41 Å². The Morgan fingerprint density at radius 2 is 2.00 bits per heavy atom. The number of likely N-dealkylation sites (tertiary alicyclic amines) is 1. The van der Waals surface area contributed by atoms with Crippen molar-refractivity contribution in [2.75, 3.05) is 19.7 Å². The maximum Gasteiger partial charge on any atom is 0.410 e. The summed E-state index contributed by atoms with van der Waals surface area (Å²) in [6.07, 6.45) is 0.990. The molecule has 1 unspecified atom stereocenters. The maximum atomic E-state index is 14.4. The summed E-state index contributed by atoms with van der Waals surface area (Å²) in [6, 6.07) is 0. The van der Waals surface area contributed by atoms with E-state index in [4.69, 9.17) is 4.74 Å². The molecule has 1 aliphatic carbocycles. The lowest BCUT2D eigenvalue weighted by Gasteiger charge is -2.25. The highest BCUT2D eigenvalue weighted by Crippen LogP contribution is 2.60. The predicted octanol–water partition coefficient (Wildman–Crippen LogP) is 1.72. The van der Waals surface area contributed by atoms with Gasteiger partial charge in [0, 0.05) is 12.0 Å². The Kier molecular flexibility index (Phi) is 2.65. The summed E-state index contributed by atoms with van der Waals surface area (Å²) in [7, 11) is 0. The molecule has 1 amide bonds. The van der Waals surface area contributed by atoms with Gasteiger partial charge in [-0.2, -0.15) is 0 Å². The van der Waals surface area contributed by atoms with Crippen molar-refractivity contribution in [3.05, 3.63) is 0 Å². The number of halogens is 1. The molecule has 2 rings (SSSR count). The number of hydrogen-bond donors (Lipinski definition) is 1. The molecule has 0 aromatic heterocycles. The minimum Gasteiger partial charge on any atom is -0.444 e. The Morgan fingerprint density at radius 3 is 2.35 bits per heavy atom. The molecular formula is C12H20FNO3. The first-order chi connectivity index (χ1) is 7.71. The van der Waals surface area contributed by atoms with Gasteiger partial charge >= 0.3 is 6.09 Å². The van der Waals surface area contributed by atoms with Gasteiger partial charge in [0.25, 0.3) is 0 Å². The summed E-state index contributed by atoms with van der Waals surface area (Å²) in [5, 5.41) is 9.18. The molecule has 1 spiro atoms. The van der Waals surface area contributed by atoms with Crippen molar-refractivity contribution in [3.63, 3.8) is 0 Å². The Balaban J connectivity index is 2.04. The van der Waals surface area contributed by atoms with Gasteiger partial charge in [-0.05, 0) is 33.6 Å². The van der Waals surface area contributed by atoms with E-state index in [1.807, 2.05) is 0 Å². The molecule has 1 atom stereocenters. The second kappa shape index (κ2) is 3.57. The van der Waals surface area contributed by atoms with Crippen LogP contribution in [0.15, 0.2) is 0 Å². The number of nitrogens with zero attached hydrogens (tertiary/aromatic N) is 1. The van der Waals surface area contributed by atoms with Gasteiger partial charge < -0.3 is 14.7 Å². The first-order valence-electron chi connectivity index (χ1n) is 5.99. The summed E-state index contributed by atoms with van der Waals surface area (Å²) in [5.41, 5.74) is -2.74. The first kappa shape index (κ1) is 12.6. The third-order valence-corrected chi connectivity index (χ3v) is 3.64. The van der Waals surface area contributed by atoms with Crippen LogP contribution in [0.1, 0.15) is 33.6 Å². The summed E-state index contributed by atoms with van der Waals surface area (Å²) in [4.78, 5) is 13.2. The minimum atomic E-state index is -1.65. The van der Waals surface area contributed by atoms with Gasteiger partial charge in [-0.3, -0.25) is 0 Å². The molecule has 4 nitrogen and oxygen atoms in total. The van der Waals surface area contributed by atoms with Crippen LogP contribution < -0.4 is 0 Å². The van der Waals surface area contributed by atoms with E-state index in [1.54, 1.807) is 20.8 Å². The molecule has 98 valence electrons. The molecule has 1 heterocycles. The summed E-state index contributed by atoms with van der Waals surface area (Å²) in [5.74, 6) is 0. The largest absolute Gasteiger partial charge is 0.444 e. The number of amides is 1. The zero-order valence-corrected chi connectivity index (χ0v) is 10.6. The van der Waals surface area contributed by atoms with Crippen LogP contribution in [0.4, 0.5) is 9.18 Å². The quantitative estimate of drug-likeness (QED) is 0.765. The second-order valence-corrected chi connectivity index (χ2v) is 6.24. The van der Waals surface area contributed by atoms with Crippen molar-refractivity contribution < 1.29 is 19.0 Å². The van der Waals surface area contributed by atoms with E-state index in [0.717, 1.165) is 12.8 Å². The average Bonchev–Trinajstić information content (AvgIpc) is 2.88. The molecule has 1 saturated heterocycles. The molecule has 0 bridgehead atoms. The highest BCUT2D eigenvalue weighted by molar-refractivity contribution is 5.69. The fourth-order valence-corrected chi connectivity index (χ4v) is 2.46. The first-order valence-corrected chi connectivity index (χ1v) is 5.99. The van der Waals surface area contributed by atoms with Gasteiger partial charge in [-0.1, -0.05) is 0 Å². The molecular weight excluding hydrogens is 225 g/mol. The van der Waals surface area contributed by atoms with E-state index in [2.05, 4.69) is 0 Å². The topological polar surface area (TPSA) is 49.8 Å². The minimum absolute atomic E-state index is 0.0571.